The van der Waals surface area contributed by atoms with Crippen molar-refractivity contribution >= 4 is 0 Å². The molecule has 2 nitrogen and oxygen atoms in total. The molecule has 1 spiro atoms. The number of hydrogen-bond acceptors (Lipinski definition) is 2. The Morgan fingerprint density at radius 1 is 0.969 bits per heavy atom. The predicted octanol–water partition coefficient (Wildman–Crippen LogP) is 6.37. The van der Waals surface area contributed by atoms with E-state index in [-0.39, 0.29) is 0 Å². The second-order valence-electron chi connectivity index (χ2n) is 11.2. The molecule has 0 N–H and O–H groups in total. The zero-order valence-corrected chi connectivity index (χ0v) is 19.8. The normalized spacial score (nSPS) is 31.5. The van der Waals surface area contributed by atoms with Crippen molar-refractivity contribution in [3.63, 3.8) is 0 Å². The van der Waals surface area contributed by atoms with Crippen LogP contribution in [-0.2, 0) is 5.41 Å². The molecule has 1 saturated carbocycles. The van der Waals surface area contributed by atoms with Crippen LogP contribution >= 0.6 is 0 Å². The van der Waals surface area contributed by atoms with Crippen molar-refractivity contribution in [3.05, 3.63) is 83.4 Å². The van der Waals surface area contributed by atoms with E-state index in [4.69, 9.17) is 0 Å². The van der Waals surface area contributed by atoms with Gasteiger partial charge >= 0.3 is 0 Å². The number of benzene rings is 2. The van der Waals surface area contributed by atoms with Crippen LogP contribution in [0.4, 0.5) is 0 Å². The van der Waals surface area contributed by atoms with Gasteiger partial charge in [0.15, 0.2) is 0 Å². The lowest BCUT2D eigenvalue weighted by atomic mass is 9.73. The Morgan fingerprint density at radius 3 is 2.44 bits per heavy atom. The predicted molar refractivity (Wildman–Crippen MR) is 133 cm³/mol. The number of hydrogen-bond donors (Lipinski definition) is 0. The maximum atomic E-state index is 2.80. The third kappa shape index (κ3) is 3.47. The van der Waals surface area contributed by atoms with Gasteiger partial charge in [-0.05, 0) is 99.0 Å². The fourth-order valence-corrected chi connectivity index (χ4v) is 7.53. The maximum absolute atomic E-state index is 2.80. The van der Waals surface area contributed by atoms with Gasteiger partial charge in [0.1, 0.15) is 0 Å². The summed E-state index contributed by atoms with van der Waals surface area (Å²) in [6.45, 7) is 6.25. The molecule has 6 rings (SSSR count). The molecule has 2 fully saturated rings. The van der Waals surface area contributed by atoms with E-state index in [0.717, 1.165) is 17.8 Å². The summed E-state index contributed by atoms with van der Waals surface area (Å²) < 4.78 is 0. The van der Waals surface area contributed by atoms with Crippen molar-refractivity contribution in [1.82, 2.24) is 9.80 Å². The summed E-state index contributed by atoms with van der Waals surface area (Å²) in [4.78, 5) is 5.44. The van der Waals surface area contributed by atoms with Crippen LogP contribution in [0.15, 0.2) is 66.7 Å². The second-order valence-corrected chi connectivity index (χ2v) is 11.2. The number of nitrogens with zero attached hydrogens (tertiary/aromatic N) is 2. The molecule has 4 aliphatic rings. The minimum atomic E-state index is 0.372. The van der Waals surface area contributed by atoms with Gasteiger partial charge in [0, 0.05) is 18.6 Å². The average molecular weight is 427 g/mol. The third-order valence-electron chi connectivity index (χ3n) is 9.58. The summed E-state index contributed by atoms with van der Waals surface area (Å²) in [5, 5.41) is 0. The van der Waals surface area contributed by atoms with Crippen molar-refractivity contribution in [2.45, 2.75) is 56.5 Å². The first-order chi connectivity index (χ1) is 15.6. The van der Waals surface area contributed by atoms with Gasteiger partial charge in [-0.2, -0.15) is 0 Å². The summed E-state index contributed by atoms with van der Waals surface area (Å²) in [7, 11) is 2.34. The number of fused-ring (bicyclic) bond motifs is 4. The lowest BCUT2D eigenvalue weighted by Crippen LogP contribution is -2.44. The lowest BCUT2D eigenvalue weighted by Gasteiger charge is -2.42. The minimum Gasteiger partial charge on any atom is -0.303 e. The zero-order chi connectivity index (χ0) is 21.7. The highest BCUT2D eigenvalue weighted by atomic mass is 15.2. The number of rotatable bonds is 5. The van der Waals surface area contributed by atoms with Crippen molar-refractivity contribution in [2.24, 2.45) is 17.8 Å². The highest BCUT2D eigenvalue weighted by Gasteiger charge is 2.47. The van der Waals surface area contributed by atoms with Gasteiger partial charge in [0.2, 0.25) is 0 Å². The molecule has 1 saturated heterocycles. The van der Waals surface area contributed by atoms with Gasteiger partial charge in [-0.15, -0.1) is 0 Å². The van der Waals surface area contributed by atoms with Gasteiger partial charge in [-0.25, -0.2) is 0 Å². The summed E-state index contributed by atoms with van der Waals surface area (Å²) in [6, 6.07) is 21.4. The smallest absolute Gasteiger partial charge is 0.0362 e. The highest BCUT2D eigenvalue weighted by molar-refractivity contribution is 5.43. The van der Waals surface area contributed by atoms with E-state index < -0.39 is 0 Å². The first kappa shape index (κ1) is 20.7. The molecule has 1 aliphatic heterocycles. The van der Waals surface area contributed by atoms with Crippen LogP contribution in [0.5, 0.6) is 0 Å². The summed E-state index contributed by atoms with van der Waals surface area (Å²) in [5.41, 5.74) is 5.03. The largest absolute Gasteiger partial charge is 0.303 e. The molecule has 1 heterocycles. The Morgan fingerprint density at radius 2 is 1.72 bits per heavy atom. The molecular weight excluding hydrogens is 388 g/mol. The number of allylic oxidation sites excluding steroid dienone is 2. The molecule has 3 aliphatic carbocycles. The van der Waals surface area contributed by atoms with E-state index in [0.29, 0.717) is 17.5 Å². The average Bonchev–Trinajstić information content (AvgIpc) is 3.54. The van der Waals surface area contributed by atoms with Crippen LogP contribution in [0.3, 0.4) is 0 Å². The van der Waals surface area contributed by atoms with E-state index in [9.17, 15) is 0 Å². The first-order valence-corrected chi connectivity index (χ1v) is 12.9. The van der Waals surface area contributed by atoms with Crippen LogP contribution in [0.25, 0.3) is 0 Å². The summed E-state index contributed by atoms with van der Waals surface area (Å²) in [5.74, 6) is 2.69. The minimum absolute atomic E-state index is 0.372. The second kappa shape index (κ2) is 8.15. The summed E-state index contributed by atoms with van der Waals surface area (Å²) in [6.07, 6.45) is 11.8. The van der Waals surface area contributed by atoms with Gasteiger partial charge in [0.05, 0.1) is 0 Å². The lowest BCUT2D eigenvalue weighted by molar-refractivity contribution is 0.107. The van der Waals surface area contributed by atoms with Crippen LogP contribution in [0.1, 0.15) is 67.8 Å². The Bertz CT molecular complexity index is 971. The molecule has 5 atom stereocenters. The molecule has 2 aromatic carbocycles. The van der Waals surface area contributed by atoms with Crippen LogP contribution in [-0.4, -0.2) is 36.5 Å². The van der Waals surface area contributed by atoms with Crippen molar-refractivity contribution < 1.29 is 0 Å². The topological polar surface area (TPSA) is 6.48 Å². The van der Waals surface area contributed by atoms with E-state index in [1.54, 1.807) is 11.1 Å². The molecule has 2 aromatic rings. The standard InChI is InChI=1S/C30H38N2/c1-22(24-8-4-3-5-9-24)31(2)29-20-30(28-11-7-6-10-27(28)29)14-16-32(17-15-30)21-26-19-23-12-13-25(26)18-23/h3-13,22-23,25-26,29H,14-21H2,1-2H3/t22?,23-,25+,26+,29-/m0/s1. The molecule has 1 unspecified atom stereocenters. The van der Waals surface area contributed by atoms with Crippen molar-refractivity contribution in [1.29, 1.82) is 0 Å². The van der Waals surface area contributed by atoms with Crippen molar-refractivity contribution in [2.75, 3.05) is 26.7 Å². The van der Waals surface area contributed by atoms with Gasteiger partial charge < -0.3 is 4.90 Å². The van der Waals surface area contributed by atoms with Gasteiger partial charge in [-0.3, -0.25) is 4.90 Å². The van der Waals surface area contributed by atoms with E-state index in [1.165, 1.54) is 57.3 Å². The number of likely N-dealkylation sites (tertiary alicyclic amines) is 1. The Balaban J connectivity index is 1.18. The third-order valence-corrected chi connectivity index (χ3v) is 9.58. The molecule has 0 aromatic heterocycles. The molecule has 2 heteroatoms. The molecule has 0 amide bonds. The molecular formula is C30H38N2. The van der Waals surface area contributed by atoms with Crippen LogP contribution in [0, 0.1) is 17.8 Å². The fourth-order valence-electron chi connectivity index (χ4n) is 7.53. The first-order valence-electron chi connectivity index (χ1n) is 12.9. The fraction of sp³-hybridized carbons (Fsp3) is 0.533. The molecule has 0 radical (unpaired) electrons. The van der Waals surface area contributed by atoms with Crippen molar-refractivity contribution in [3.8, 4) is 0 Å². The van der Waals surface area contributed by atoms with E-state index in [1.807, 2.05) is 0 Å². The van der Waals surface area contributed by atoms with E-state index >= 15 is 0 Å². The van der Waals surface area contributed by atoms with E-state index in [2.05, 4.69) is 90.5 Å². The molecule has 168 valence electrons. The Hall–Kier alpha value is -1.90. The van der Waals surface area contributed by atoms with Gasteiger partial charge in [0.25, 0.3) is 0 Å². The number of piperidine rings is 1. The maximum Gasteiger partial charge on any atom is 0.0362 e. The quantitative estimate of drug-likeness (QED) is 0.513. The Kier molecular flexibility index (Phi) is 5.27. The molecule has 32 heavy (non-hydrogen) atoms. The summed E-state index contributed by atoms with van der Waals surface area (Å²) >= 11 is 0. The monoisotopic (exact) mass is 426 g/mol. The zero-order valence-electron chi connectivity index (χ0n) is 19.8. The Labute approximate surface area is 194 Å². The highest BCUT2D eigenvalue weighted by Crippen LogP contribution is 2.54. The van der Waals surface area contributed by atoms with Crippen LogP contribution in [0.2, 0.25) is 0 Å². The SMILES string of the molecule is CC(c1ccccc1)N(C)[C@H]1CC2(CCN(C[C@H]3C[C@H]4C=C[C@@H]3C4)CC2)c2ccccc21. The molecule has 2 bridgehead atoms. The van der Waals surface area contributed by atoms with Crippen LogP contribution < -0.4 is 0 Å². The van der Waals surface area contributed by atoms with Gasteiger partial charge in [-0.1, -0.05) is 66.7 Å².